The van der Waals surface area contributed by atoms with Crippen molar-refractivity contribution in [3.05, 3.63) is 70.2 Å². The second kappa shape index (κ2) is 8.83. The van der Waals surface area contributed by atoms with Crippen molar-refractivity contribution >= 4 is 34.8 Å². The van der Waals surface area contributed by atoms with Crippen LogP contribution in [0.5, 0.6) is 0 Å². The molecule has 144 valence electrons. The summed E-state index contributed by atoms with van der Waals surface area (Å²) in [6, 6.07) is 15.0. The third-order valence-corrected chi connectivity index (χ3v) is 5.03. The molecule has 1 unspecified atom stereocenters. The van der Waals surface area contributed by atoms with Gasteiger partial charge in [0.25, 0.3) is 5.78 Å². The van der Waals surface area contributed by atoms with Crippen LogP contribution in [-0.2, 0) is 20.7 Å². The van der Waals surface area contributed by atoms with Crippen LogP contribution in [0, 0.1) is 0 Å². The summed E-state index contributed by atoms with van der Waals surface area (Å²) in [5.41, 5.74) is 11.7. The number of carbonyl (C=O) groups excluding carboxylic acids is 2. The fraction of sp³-hybridized carbons (Fsp3) is 0.286. The van der Waals surface area contributed by atoms with Gasteiger partial charge in [0.05, 0.1) is 12.6 Å². The predicted molar refractivity (Wildman–Crippen MR) is 107 cm³/mol. The maximum absolute atomic E-state index is 12.8. The van der Waals surface area contributed by atoms with Gasteiger partial charge in [-0.25, -0.2) is 4.79 Å². The Morgan fingerprint density at radius 1 is 1.21 bits per heavy atom. The zero-order valence-electron chi connectivity index (χ0n) is 15.5. The molecular weight excluding hydrogens is 378 g/mol. The van der Waals surface area contributed by atoms with E-state index in [1.165, 1.54) is 0 Å². The first-order chi connectivity index (χ1) is 13.5. The lowest BCUT2D eigenvalue weighted by Gasteiger charge is -2.38. The highest BCUT2D eigenvalue weighted by atomic mass is 35.5. The highest BCUT2D eigenvalue weighted by Crippen LogP contribution is 2.36. The van der Waals surface area contributed by atoms with Crippen LogP contribution in [0.4, 0.5) is 5.69 Å². The molecular formula is C21H20ClN3O3. The van der Waals surface area contributed by atoms with Gasteiger partial charge >= 0.3 is 11.7 Å². The number of esters is 1. The van der Waals surface area contributed by atoms with Crippen LogP contribution in [0.1, 0.15) is 30.5 Å². The zero-order chi connectivity index (χ0) is 20.1. The number of anilines is 1. The highest BCUT2D eigenvalue weighted by Gasteiger charge is 2.36. The molecule has 0 spiro atoms. The minimum absolute atomic E-state index is 0.0160. The molecule has 2 aromatic carbocycles. The van der Waals surface area contributed by atoms with Gasteiger partial charge in [-0.15, -0.1) is 0 Å². The summed E-state index contributed by atoms with van der Waals surface area (Å²) in [6.07, 6.45) is 0.820. The van der Waals surface area contributed by atoms with Crippen molar-refractivity contribution in [2.75, 3.05) is 18.1 Å². The summed E-state index contributed by atoms with van der Waals surface area (Å²) in [7, 11) is 0. The third kappa shape index (κ3) is 4.14. The van der Waals surface area contributed by atoms with E-state index in [2.05, 4.69) is 9.69 Å². The molecule has 0 fully saturated rings. The Kier molecular flexibility index (Phi) is 6.24. The number of ketones is 1. The molecule has 0 aromatic heterocycles. The van der Waals surface area contributed by atoms with Crippen molar-refractivity contribution in [2.24, 2.45) is 0 Å². The van der Waals surface area contributed by atoms with Gasteiger partial charge in [0.2, 0.25) is 0 Å². The lowest BCUT2D eigenvalue weighted by molar-refractivity contribution is -0.141. The molecule has 1 aliphatic rings. The number of benzene rings is 2. The molecule has 0 bridgehead atoms. The number of carbonyl (C=O) groups is 2. The number of hydrogen-bond donors (Lipinski definition) is 0. The summed E-state index contributed by atoms with van der Waals surface area (Å²) in [4.78, 5) is 29.7. The fourth-order valence-electron chi connectivity index (χ4n) is 3.50. The molecule has 0 aliphatic carbocycles. The molecule has 0 saturated carbocycles. The molecule has 0 saturated heterocycles. The second-order valence-corrected chi connectivity index (χ2v) is 6.87. The maximum atomic E-state index is 12.8. The van der Waals surface area contributed by atoms with E-state index in [1.807, 2.05) is 36.4 Å². The predicted octanol–water partition coefficient (Wildman–Crippen LogP) is 3.64. The van der Waals surface area contributed by atoms with Crippen molar-refractivity contribution < 1.29 is 19.1 Å². The fourth-order valence-corrected chi connectivity index (χ4v) is 3.62. The van der Waals surface area contributed by atoms with E-state index in [4.69, 9.17) is 21.9 Å². The summed E-state index contributed by atoms with van der Waals surface area (Å²) < 4.78 is 4.82. The quantitative estimate of drug-likeness (QED) is 0.245. The molecule has 3 rings (SSSR count). The average Bonchev–Trinajstić information content (AvgIpc) is 2.70. The van der Waals surface area contributed by atoms with E-state index in [0.29, 0.717) is 11.6 Å². The van der Waals surface area contributed by atoms with Crippen molar-refractivity contribution in [1.29, 1.82) is 0 Å². The zero-order valence-corrected chi connectivity index (χ0v) is 16.2. The molecule has 7 heteroatoms. The molecule has 0 N–H and O–H groups in total. The minimum Gasteiger partial charge on any atom is -0.457 e. The first-order valence-corrected chi connectivity index (χ1v) is 9.45. The van der Waals surface area contributed by atoms with E-state index >= 15 is 0 Å². The summed E-state index contributed by atoms with van der Waals surface area (Å²) in [6.45, 7) is 2.42. The second-order valence-electron chi connectivity index (χ2n) is 6.43. The number of nitrogens with zero attached hydrogens (tertiary/aromatic N) is 3. The number of rotatable bonds is 6. The van der Waals surface area contributed by atoms with Gasteiger partial charge in [-0.2, -0.15) is 4.79 Å². The smallest absolute Gasteiger partial charge is 0.441 e. The van der Waals surface area contributed by atoms with Gasteiger partial charge in [-0.3, -0.25) is 4.79 Å². The number of halogens is 1. The minimum atomic E-state index is -0.919. The molecule has 1 atom stereocenters. The van der Waals surface area contributed by atoms with Crippen LogP contribution < -0.4 is 4.90 Å². The van der Waals surface area contributed by atoms with E-state index in [-0.39, 0.29) is 19.1 Å². The van der Waals surface area contributed by atoms with Crippen LogP contribution in [-0.4, -0.2) is 35.4 Å². The molecule has 28 heavy (non-hydrogen) atoms. The Morgan fingerprint density at radius 2 is 1.93 bits per heavy atom. The number of hydrogen-bond acceptors (Lipinski definition) is 4. The van der Waals surface area contributed by atoms with E-state index in [0.717, 1.165) is 23.2 Å². The largest absolute Gasteiger partial charge is 0.457 e. The van der Waals surface area contributed by atoms with E-state index in [1.54, 1.807) is 19.1 Å². The number of Topliss-reactive ketones (excluding diaryl/α,β-unsaturated/α-hetero) is 1. The number of ether oxygens (including phenoxy) is 1. The molecule has 1 heterocycles. The van der Waals surface area contributed by atoms with Crippen molar-refractivity contribution in [3.8, 4) is 0 Å². The van der Waals surface area contributed by atoms with Crippen LogP contribution in [0.15, 0.2) is 48.5 Å². The van der Waals surface area contributed by atoms with Crippen LogP contribution >= 0.6 is 11.6 Å². The van der Waals surface area contributed by atoms with Crippen molar-refractivity contribution in [3.63, 3.8) is 0 Å². The maximum Gasteiger partial charge on any atom is 0.441 e. The van der Waals surface area contributed by atoms with Gasteiger partial charge < -0.3 is 15.2 Å². The normalized spacial score (nSPS) is 15.4. The van der Waals surface area contributed by atoms with E-state index < -0.39 is 17.5 Å². The van der Waals surface area contributed by atoms with Crippen LogP contribution in [0.3, 0.4) is 0 Å². The van der Waals surface area contributed by atoms with Crippen molar-refractivity contribution in [1.82, 2.24) is 0 Å². The van der Waals surface area contributed by atoms with E-state index in [9.17, 15) is 9.59 Å². The summed E-state index contributed by atoms with van der Waals surface area (Å²) in [5.74, 6) is -1.49. The van der Waals surface area contributed by atoms with Gasteiger partial charge in [0.15, 0.2) is 0 Å². The van der Waals surface area contributed by atoms with Gasteiger partial charge in [-0.05, 0) is 48.7 Å². The number of fused-ring (bicyclic) bond motifs is 1. The topological polar surface area (TPSA) is 83.0 Å². The lowest BCUT2D eigenvalue weighted by atomic mass is 9.88. The Morgan fingerprint density at radius 3 is 2.61 bits per heavy atom. The highest BCUT2D eigenvalue weighted by molar-refractivity contribution is 6.62. The first kappa shape index (κ1) is 19.8. The first-order valence-electron chi connectivity index (χ1n) is 9.07. The van der Waals surface area contributed by atoms with Crippen LogP contribution in [0.25, 0.3) is 5.53 Å². The molecule has 2 aromatic rings. The standard InChI is InChI=1S/C21H20ClN3O3/c1-2-28-21(27)20(24-23)19(26)13-18-17-6-4-3-5-14(17)11-12-25(18)16-9-7-15(22)8-10-16/h3-10,18H,2,11-13H2,1H3. The Labute approximate surface area is 168 Å². The van der Waals surface area contributed by atoms with Gasteiger partial charge in [0.1, 0.15) is 0 Å². The SMILES string of the molecule is CCOC(=O)C(=[N+]=[N-])C(=O)CC1c2ccccc2CCN1c1ccc(Cl)cc1. The average molecular weight is 398 g/mol. The Balaban J connectivity index is 1.95. The lowest BCUT2D eigenvalue weighted by Crippen LogP contribution is -2.39. The van der Waals surface area contributed by atoms with Crippen LogP contribution in [0.2, 0.25) is 5.02 Å². The Bertz CT molecular complexity index is 936. The van der Waals surface area contributed by atoms with Crippen molar-refractivity contribution in [2.45, 2.75) is 25.8 Å². The Hall–Kier alpha value is -2.95. The molecule has 6 nitrogen and oxygen atoms in total. The monoisotopic (exact) mass is 397 g/mol. The van der Waals surface area contributed by atoms with Gasteiger partial charge in [0, 0.05) is 23.7 Å². The molecule has 1 aliphatic heterocycles. The molecule has 0 amide bonds. The third-order valence-electron chi connectivity index (χ3n) is 4.78. The summed E-state index contributed by atoms with van der Waals surface area (Å²) >= 11 is 6.01. The molecule has 0 radical (unpaired) electrons. The van der Waals surface area contributed by atoms with Gasteiger partial charge in [-0.1, -0.05) is 35.9 Å². The summed E-state index contributed by atoms with van der Waals surface area (Å²) in [5, 5.41) is 0.630.